The fraction of sp³-hybridized carbons (Fsp3) is 0.526. The van der Waals surface area contributed by atoms with E-state index in [-0.39, 0.29) is 43.4 Å². The van der Waals surface area contributed by atoms with E-state index in [0.717, 1.165) is 0 Å². The normalized spacial score (nSPS) is 21.7. The molecule has 2 atom stereocenters. The lowest BCUT2D eigenvalue weighted by atomic mass is 10.1. The van der Waals surface area contributed by atoms with Crippen molar-refractivity contribution in [3.63, 3.8) is 0 Å². The predicted molar refractivity (Wildman–Crippen MR) is 104 cm³/mol. The number of alkyl halides is 3. The van der Waals surface area contributed by atoms with Crippen LogP contribution in [0.15, 0.2) is 23.1 Å². The summed E-state index contributed by atoms with van der Waals surface area (Å²) in [5.41, 5.74) is -0.924. The van der Waals surface area contributed by atoms with Crippen LogP contribution in [0.4, 0.5) is 35.0 Å². The maximum Gasteiger partial charge on any atom is 0.409 e. The van der Waals surface area contributed by atoms with Crippen molar-refractivity contribution in [2.75, 3.05) is 43.2 Å². The molecule has 2 aromatic heterocycles. The molecule has 12 heteroatoms. The Morgan fingerprint density at radius 1 is 1.29 bits per heavy atom. The van der Waals surface area contributed by atoms with Crippen LogP contribution in [-0.2, 0) is 4.74 Å². The maximum absolute atomic E-state index is 15.1. The van der Waals surface area contributed by atoms with E-state index in [1.54, 1.807) is 17.9 Å². The van der Waals surface area contributed by atoms with E-state index in [4.69, 9.17) is 9.47 Å². The van der Waals surface area contributed by atoms with Gasteiger partial charge in [0.25, 0.3) is 5.56 Å². The highest BCUT2D eigenvalue weighted by molar-refractivity contribution is 5.61. The first-order valence-electron chi connectivity index (χ1n) is 9.73. The molecule has 0 radical (unpaired) electrons. The Balaban J connectivity index is 1.91. The average molecular weight is 443 g/mol. The Kier molecular flexibility index (Phi) is 5.50. The quantitative estimate of drug-likeness (QED) is 0.676. The van der Waals surface area contributed by atoms with Crippen LogP contribution >= 0.6 is 0 Å². The molecule has 168 valence electrons. The first kappa shape index (κ1) is 21.3. The second-order valence-corrected chi connectivity index (χ2v) is 7.40. The fourth-order valence-corrected chi connectivity index (χ4v) is 3.91. The van der Waals surface area contributed by atoms with Gasteiger partial charge in [0.1, 0.15) is 6.04 Å². The Bertz CT molecular complexity index is 1030. The number of hydrogen-bond donors (Lipinski definition) is 0. The largest absolute Gasteiger partial charge is 0.481 e. The minimum absolute atomic E-state index is 0.0759. The standard InChI is InChI=1S/C19H21F4N5O3/c1-11-10-31-8-7-26(11)16-15(20)17(29)28-13(19(21,22)23)4-6-27(18(28)25-16)12-3-5-24-14(9-12)30-2/h3,5,9,11,13H,4,6-8,10H2,1-2H3/t11-,13-/m1/s1. The van der Waals surface area contributed by atoms with E-state index in [1.807, 2.05) is 0 Å². The van der Waals surface area contributed by atoms with Crippen LogP contribution in [0.2, 0.25) is 0 Å². The van der Waals surface area contributed by atoms with Crippen molar-refractivity contribution < 1.29 is 27.0 Å². The minimum atomic E-state index is -4.73. The van der Waals surface area contributed by atoms with Crippen LogP contribution in [0.3, 0.4) is 0 Å². The van der Waals surface area contributed by atoms with Crippen molar-refractivity contribution in [1.29, 1.82) is 0 Å². The monoisotopic (exact) mass is 443 g/mol. The van der Waals surface area contributed by atoms with Crippen molar-refractivity contribution in [3.05, 3.63) is 34.5 Å². The van der Waals surface area contributed by atoms with Gasteiger partial charge in [-0.25, -0.2) is 4.98 Å². The van der Waals surface area contributed by atoms with Crippen LogP contribution in [0.1, 0.15) is 19.4 Å². The van der Waals surface area contributed by atoms with Gasteiger partial charge in [0.05, 0.1) is 32.1 Å². The van der Waals surface area contributed by atoms with Gasteiger partial charge in [0, 0.05) is 25.4 Å². The number of ether oxygens (including phenoxy) is 2. The van der Waals surface area contributed by atoms with Crippen molar-refractivity contribution in [3.8, 4) is 5.88 Å². The highest BCUT2D eigenvalue weighted by atomic mass is 19.4. The number of hydrogen-bond acceptors (Lipinski definition) is 7. The summed E-state index contributed by atoms with van der Waals surface area (Å²) >= 11 is 0. The number of anilines is 3. The molecule has 1 fully saturated rings. The molecule has 0 bridgehead atoms. The number of halogens is 4. The summed E-state index contributed by atoms with van der Waals surface area (Å²) in [7, 11) is 1.41. The Morgan fingerprint density at radius 2 is 2.06 bits per heavy atom. The topological polar surface area (TPSA) is 72.7 Å². The third kappa shape index (κ3) is 3.80. The summed E-state index contributed by atoms with van der Waals surface area (Å²) in [4.78, 5) is 24.1. The van der Waals surface area contributed by atoms with Gasteiger partial charge in [0.2, 0.25) is 17.6 Å². The highest BCUT2D eigenvalue weighted by Crippen LogP contribution is 2.41. The Morgan fingerprint density at radius 3 is 2.74 bits per heavy atom. The minimum Gasteiger partial charge on any atom is -0.481 e. The third-order valence-corrected chi connectivity index (χ3v) is 5.46. The maximum atomic E-state index is 15.1. The number of rotatable bonds is 3. The van der Waals surface area contributed by atoms with Crippen LogP contribution in [0.25, 0.3) is 0 Å². The molecule has 0 N–H and O–H groups in total. The third-order valence-electron chi connectivity index (χ3n) is 5.46. The Labute approximate surface area is 175 Å². The molecule has 31 heavy (non-hydrogen) atoms. The zero-order valence-corrected chi connectivity index (χ0v) is 16.9. The van der Waals surface area contributed by atoms with Gasteiger partial charge in [-0.05, 0) is 19.4 Å². The molecule has 8 nitrogen and oxygen atoms in total. The number of pyridine rings is 1. The van der Waals surface area contributed by atoms with Crippen molar-refractivity contribution in [1.82, 2.24) is 14.5 Å². The van der Waals surface area contributed by atoms with Gasteiger partial charge in [-0.15, -0.1) is 0 Å². The zero-order valence-electron chi connectivity index (χ0n) is 16.9. The lowest BCUT2D eigenvalue weighted by Gasteiger charge is -2.39. The van der Waals surface area contributed by atoms with E-state index in [1.165, 1.54) is 24.3 Å². The molecular formula is C19H21F4N5O3. The second-order valence-electron chi connectivity index (χ2n) is 7.40. The van der Waals surface area contributed by atoms with E-state index in [9.17, 15) is 18.0 Å². The number of morpholine rings is 1. The van der Waals surface area contributed by atoms with Crippen LogP contribution in [0.5, 0.6) is 5.88 Å². The molecule has 2 aliphatic heterocycles. The number of aromatic nitrogens is 3. The number of nitrogens with zero attached hydrogens (tertiary/aromatic N) is 5. The molecule has 0 aliphatic carbocycles. The van der Waals surface area contributed by atoms with E-state index < -0.39 is 30.0 Å². The zero-order chi connectivity index (χ0) is 22.3. The van der Waals surface area contributed by atoms with Gasteiger partial charge < -0.3 is 19.3 Å². The van der Waals surface area contributed by atoms with E-state index >= 15 is 4.39 Å². The summed E-state index contributed by atoms with van der Waals surface area (Å²) in [6, 6.07) is 0.612. The van der Waals surface area contributed by atoms with Crippen molar-refractivity contribution in [2.24, 2.45) is 0 Å². The SMILES string of the molecule is COc1cc(N2CC[C@H](C(F)(F)F)n3c2nc(N2CCOC[C@H]2C)c(F)c3=O)ccn1. The van der Waals surface area contributed by atoms with Gasteiger partial charge in [0.15, 0.2) is 5.82 Å². The Hall–Kier alpha value is -2.89. The molecule has 1 saturated heterocycles. The van der Waals surface area contributed by atoms with Crippen LogP contribution in [0, 0.1) is 5.82 Å². The number of methoxy groups -OCH3 is 1. The summed E-state index contributed by atoms with van der Waals surface area (Å²) in [5, 5.41) is 0. The second kappa shape index (κ2) is 7.98. The van der Waals surface area contributed by atoms with Crippen molar-refractivity contribution >= 4 is 17.5 Å². The molecule has 4 heterocycles. The molecular weight excluding hydrogens is 422 g/mol. The molecule has 2 aromatic rings. The average Bonchev–Trinajstić information content (AvgIpc) is 2.75. The molecule has 0 unspecified atom stereocenters. The lowest BCUT2D eigenvalue weighted by molar-refractivity contribution is -0.170. The molecule has 0 aromatic carbocycles. The number of fused-ring (bicyclic) bond motifs is 1. The molecule has 0 saturated carbocycles. The smallest absolute Gasteiger partial charge is 0.409 e. The van der Waals surface area contributed by atoms with Gasteiger partial charge in [-0.3, -0.25) is 9.36 Å². The molecule has 0 spiro atoms. The van der Waals surface area contributed by atoms with Crippen LogP contribution in [-0.4, -0.2) is 60.2 Å². The first-order chi connectivity index (χ1) is 14.7. The molecule has 0 amide bonds. The van der Waals surface area contributed by atoms with Crippen LogP contribution < -0.4 is 20.1 Å². The van der Waals surface area contributed by atoms with Gasteiger partial charge in [-0.1, -0.05) is 0 Å². The van der Waals surface area contributed by atoms with E-state index in [0.29, 0.717) is 16.9 Å². The molecule has 2 aliphatic rings. The predicted octanol–water partition coefficient (Wildman–Crippen LogP) is 2.66. The van der Waals surface area contributed by atoms with Gasteiger partial charge >= 0.3 is 6.18 Å². The van der Waals surface area contributed by atoms with Crippen molar-refractivity contribution in [2.45, 2.75) is 31.6 Å². The lowest BCUT2D eigenvalue weighted by Crippen LogP contribution is -2.49. The molecule has 4 rings (SSSR count). The first-order valence-corrected chi connectivity index (χ1v) is 9.73. The summed E-state index contributed by atoms with van der Waals surface area (Å²) < 4.78 is 67.0. The fourth-order valence-electron chi connectivity index (χ4n) is 3.91. The van der Waals surface area contributed by atoms with E-state index in [2.05, 4.69) is 9.97 Å². The summed E-state index contributed by atoms with van der Waals surface area (Å²) in [6.07, 6.45) is -3.74. The summed E-state index contributed by atoms with van der Waals surface area (Å²) in [6.45, 7) is 2.53. The summed E-state index contributed by atoms with van der Waals surface area (Å²) in [5.74, 6) is -1.61. The highest BCUT2D eigenvalue weighted by Gasteiger charge is 2.47. The van der Waals surface area contributed by atoms with Gasteiger partial charge in [-0.2, -0.15) is 22.5 Å².